The number of carbonyl (C=O) groups is 2. The van der Waals surface area contributed by atoms with Crippen LogP contribution in [0.15, 0.2) is 18.2 Å². The van der Waals surface area contributed by atoms with Crippen molar-refractivity contribution >= 4 is 21.7 Å². The number of benzene rings is 1. The van der Waals surface area contributed by atoms with Crippen molar-refractivity contribution in [2.75, 3.05) is 32.3 Å². The third-order valence-corrected chi connectivity index (χ3v) is 5.87. The monoisotopic (exact) mass is 355 g/mol. The highest BCUT2D eigenvalue weighted by Crippen LogP contribution is 2.20. The predicted octanol–water partition coefficient (Wildman–Crippen LogP) is 0.806. The summed E-state index contributed by atoms with van der Waals surface area (Å²) in [6, 6.07) is 4.51. The lowest BCUT2D eigenvalue weighted by Gasteiger charge is -2.23. The smallest absolute Gasteiger partial charge is 0.338 e. The summed E-state index contributed by atoms with van der Waals surface area (Å²) in [6.07, 6.45) is 0.410. The van der Waals surface area contributed by atoms with Crippen molar-refractivity contribution in [3.63, 3.8) is 0 Å². The summed E-state index contributed by atoms with van der Waals surface area (Å²) >= 11 is 0. The van der Waals surface area contributed by atoms with E-state index in [1.165, 1.54) is 19.1 Å². The first kappa shape index (κ1) is 18.3. The number of hydrogen-bond acceptors (Lipinski definition) is 6. The molecule has 1 amide bonds. The minimum absolute atomic E-state index is 0.0433. The van der Waals surface area contributed by atoms with E-state index < -0.39 is 28.3 Å². The summed E-state index contributed by atoms with van der Waals surface area (Å²) in [5, 5.41) is 0. The Morgan fingerprint density at radius 1 is 1.33 bits per heavy atom. The lowest BCUT2D eigenvalue weighted by molar-refractivity contribution is -0.134. The van der Waals surface area contributed by atoms with Gasteiger partial charge in [-0.15, -0.1) is 0 Å². The van der Waals surface area contributed by atoms with Crippen molar-refractivity contribution in [1.29, 1.82) is 0 Å². The van der Waals surface area contributed by atoms with Gasteiger partial charge >= 0.3 is 5.97 Å². The topological polar surface area (TPSA) is 90.0 Å². The van der Waals surface area contributed by atoms with Crippen LogP contribution < -0.4 is 4.74 Å². The van der Waals surface area contributed by atoms with Gasteiger partial charge in [-0.2, -0.15) is 0 Å². The van der Waals surface area contributed by atoms with E-state index in [-0.39, 0.29) is 23.1 Å². The van der Waals surface area contributed by atoms with Gasteiger partial charge in [0.05, 0.1) is 24.2 Å². The quantitative estimate of drug-likeness (QED) is 0.726. The second-order valence-electron chi connectivity index (χ2n) is 5.82. The average Bonchev–Trinajstić information content (AvgIpc) is 2.91. The molecular weight excluding hydrogens is 334 g/mol. The Balaban J connectivity index is 1.92. The molecule has 1 aliphatic rings. The Labute approximate surface area is 141 Å². The van der Waals surface area contributed by atoms with Crippen LogP contribution in [0, 0.1) is 6.92 Å². The van der Waals surface area contributed by atoms with E-state index in [2.05, 4.69) is 0 Å². The number of carbonyl (C=O) groups excluding carboxylic acids is 2. The largest absolute Gasteiger partial charge is 0.496 e. The molecule has 0 spiro atoms. The highest BCUT2D eigenvalue weighted by molar-refractivity contribution is 7.91. The molecule has 0 bridgehead atoms. The number of methoxy groups -OCH3 is 1. The van der Waals surface area contributed by atoms with Gasteiger partial charge in [0.1, 0.15) is 5.75 Å². The number of hydrogen-bond donors (Lipinski definition) is 0. The fraction of sp³-hybridized carbons (Fsp3) is 0.500. The number of likely N-dealkylation sites (N-methyl/N-ethyl adjacent to an activating group) is 1. The second-order valence-corrected chi connectivity index (χ2v) is 8.05. The summed E-state index contributed by atoms with van der Waals surface area (Å²) in [4.78, 5) is 25.5. The summed E-state index contributed by atoms with van der Waals surface area (Å²) < 4.78 is 33.1. The molecular formula is C16H21NO6S. The molecule has 1 fully saturated rings. The van der Waals surface area contributed by atoms with Crippen molar-refractivity contribution in [3.05, 3.63) is 29.3 Å². The minimum atomic E-state index is -3.08. The van der Waals surface area contributed by atoms with Crippen molar-refractivity contribution in [1.82, 2.24) is 4.90 Å². The van der Waals surface area contributed by atoms with Crippen LogP contribution in [-0.4, -0.2) is 63.5 Å². The second kappa shape index (κ2) is 7.21. The van der Waals surface area contributed by atoms with Gasteiger partial charge in [0.15, 0.2) is 16.4 Å². The molecule has 7 nitrogen and oxygen atoms in total. The van der Waals surface area contributed by atoms with Crippen LogP contribution in [0.3, 0.4) is 0 Å². The molecule has 1 aromatic carbocycles. The lowest BCUT2D eigenvalue weighted by atomic mass is 10.1. The number of esters is 1. The first-order valence-corrected chi connectivity index (χ1v) is 9.33. The van der Waals surface area contributed by atoms with Gasteiger partial charge in [-0.05, 0) is 31.0 Å². The number of sulfone groups is 1. The van der Waals surface area contributed by atoms with Crippen LogP contribution in [0.4, 0.5) is 0 Å². The molecule has 1 aromatic rings. The SMILES string of the molecule is COc1cc(C(=O)OCC(=O)N(C)[C@H]2CCS(=O)(=O)C2)ccc1C. The fourth-order valence-corrected chi connectivity index (χ4v) is 4.32. The Morgan fingerprint density at radius 3 is 2.62 bits per heavy atom. The molecule has 0 unspecified atom stereocenters. The van der Waals surface area contributed by atoms with Crippen molar-refractivity contribution in [3.8, 4) is 5.75 Å². The zero-order chi connectivity index (χ0) is 17.9. The molecule has 1 heterocycles. The molecule has 132 valence electrons. The number of nitrogens with zero attached hydrogens (tertiary/aromatic N) is 1. The molecule has 2 rings (SSSR count). The maximum Gasteiger partial charge on any atom is 0.338 e. The first-order chi connectivity index (χ1) is 11.2. The number of rotatable bonds is 5. The van der Waals surface area contributed by atoms with Gasteiger partial charge in [0.2, 0.25) is 0 Å². The van der Waals surface area contributed by atoms with E-state index in [0.29, 0.717) is 12.2 Å². The number of amides is 1. The lowest BCUT2D eigenvalue weighted by Crippen LogP contribution is -2.40. The van der Waals surface area contributed by atoms with Gasteiger partial charge in [-0.1, -0.05) is 6.07 Å². The Kier molecular flexibility index (Phi) is 5.48. The summed E-state index contributed by atoms with van der Waals surface area (Å²) in [5.74, 6) is -0.459. The minimum Gasteiger partial charge on any atom is -0.496 e. The van der Waals surface area contributed by atoms with E-state index in [0.717, 1.165) is 5.56 Å². The zero-order valence-electron chi connectivity index (χ0n) is 13.9. The fourth-order valence-electron chi connectivity index (χ4n) is 2.54. The van der Waals surface area contributed by atoms with E-state index >= 15 is 0 Å². The molecule has 0 saturated carbocycles. The molecule has 8 heteroatoms. The Hall–Kier alpha value is -2.09. The average molecular weight is 355 g/mol. The van der Waals surface area contributed by atoms with E-state index in [4.69, 9.17) is 9.47 Å². The molecule has 0 N–H and O–H groups in total. The number of ether oxygens (including phenoxy) is 2. The van der Waals surface area contributed by atoms with Gasteiger partial charge < -0.3 is 14.4 Å². The van der Waals surface area contributed by atoms with Crippen molar-refractivity contribution in [2.45, 2.75) is 19.4 Å². The van der Waals surface area contributed by atoms with Crippen LogP contribution in [0.2, 0.25) is 0 Å². The molecule has 0 radical (unpaired) electrons. The standard InChI is InChI=1S/C16H21NO6S/c1-11-4-5-12(8-14(11)22-3)16(19)23-9-15(18)17(2)13-6-7-24(20,21)10-13/h4-5,8,13H,6-7,9-10H2,1-3H3/t13-/m0/s1. The van der Waals surface area contributed by atoms with Crippen LogP contribution >= 0.6 is 0 Å². The van der Waals surface area contributed by atoms with Crippen LogP contribution in [0.5, 0.6) is 5.75 Å². The third kappa shape index (κ3) is 4.25. The van der Waals surface area contributed by atoms with Gasteiger partial charge in [0, 0.05) is 13.1 Å². The van der Waals surface area contributed by atoms with Crippen LogP contribution in [0.1, 0.15) is 22.3 Å². The summed E-state index contributed by atoms with van der Waals surface area (Å²) in [7, 11) is -0.0457. The van der Waals surface area contributed by atoms with Gasteiger partial charge in [-0.25, -0.2) is 13.2 Å². The Morgan fingerprint density at radius 2 is 2.04 bits per heavy atom. The van der Waals surface area contributed by atoms with Gasteiger partial charge in [-0.3, -0.25) is 4.79 Å². The predicted molar refractivity (Wildman–Crippen MR) is 87.8 cm³/mol. The van der Waals surface area contributed by atoms with E-state index in [1.807, 2.05) is 6.92 Å². The molecule has 1 atom stereocenters. The molecule has 0 aromatic heterocycles. The van der Waals surface area contributed by atoms with Crippen LogP contribution in [0.25, 0.3) is 0 Å². The van der Waals surface area contributed by atoms with E-state index in [9.17, 15) is 18.0 Å². The highest BCUT2D eigenvalue weighted by atomic mass is 32.2. The summed E-state index contributed by atoms with van der Waals surface area (Å²) in [5.41, 5.74) is 1.17. The maximum atomic E-state index is 12.1. The molecule has 24 heavy (non-hydrogen) atoms. The molecule has 1 aliphatic heterocycles. The first-order valence-electron chi connectivity index (χ1n) is 7.51. The normalized spacial score (nSPS) is 18.9. The highest BCUT2D eigenvalue weighted by Gasteiger charge is 2.32. The van der Waals surface area contributed by atoms with Crippen LogP contribution in [-0.2, 0) is 19.4 Å². The summed E-state index contributed by atoms with van der Waals surface area (Å²) in [6.45, 7) is 1.42. The molecule has 1 saturated heterocycles. The van der Waals surface area contributed by atoms with Crippen molar-refractivity contribution in [2.24, 2.45) is 0 Å². The van der Waals surface area contributed by atoms with E-state index in [1.54, 1.807) is 18.2 Å². The molecule has 0 aliphatic carbocycles. The number of aryl methyl sites for hydroxylation is 1. The third-order valence-electron chi connectivity index (χ3n) is 4.12. The van der Waals surface area contributed by atoms with Gasteiger partial charge in [0.25, 0.3) is 5.91 Å². The Bertz CT molecular complexity index is 743. The van der Waals surface area contributed by atoms with Crippen molar-refractivity contribution < 1.29 is 27.5 Å². The zero-order valence-corrected chi connectivity index (χ0v) is 14.8. The maximum absolute atomic E-state index is 12.1.